The van der Waals surface area contributed by atoms with E-state index in [1.165, 1.54) is 11.8 Å². The van der Waals surface area contributed by atoms with Crippen molar-refractivity contribution in [2.75, 3.05) is 0 Å². The first-order valence-corrected chi connectivity index (χ1v) is 4.81. The third kappa shape index (κ3) is 1.65. The predicted molar refractivity (Wildman–Crippen MR) is 51.6 cm³/mol. The number of hydrogen-bond donors (Lipinski definition) is 0. The molecule has 0 aliphatic carbocycles. The van der Waals surface area contributed by atoms with Gasteiger partial charge in [0.15, 0.2) is 0 Å². The zero-order chi connectivity index (χ0) is 10.4. The van der Waals surface area contributed by atoms with Crippen LogP contribution in [-0.2, 0) is 9.53 Å². The van der Waals surface area contributed by atoms with E-state index in [0.29, 0.717) is 0 Å². The monoisotopic (exact) mass is 225 g/mol. The molecule has 1 fully saturated rings. The summed E-state index contributed by atoms with van der Waals surface area (Å²) in [5.41, 5.74) is -0.741. The standard InChI is InChI=1S/C8H13Cl2NO2/c1-5-8(9,10)11(6(2)12)7(3,4)13-5/h5H,1-4H3. The first-order valence-electron chi connectivity index (χ1n) is 4.06. The molecule has 0 saturated carbocycles. The molecule has 5 heteroatoms. The summed E-state index contributed by atoms with van der Waals surface area (Å²) in [6.45, 7) is 6.68. The molecule has 76 valence electrons. The lowest BCUT2D eigenvalue weighted by atomic mass is 10.2. The Kier molecular flexibility index (Phi) is 2.56. The van der Waals surface area contributed by atoms with E-state index in [1.54, 1.807) is 20.8 Å². The van der Waals surface area contributed by atoms with Gasteiger partial charge in [-0.05, 0) is 20.8 Å². The smallest absolute Gasteiger partial charge is 0.224 e. The van der Waals surface area contributed by atoms with Crippen LogP contribution in [0.4, 0.5) is 0 Å². The van der Waals surface area contributed by atoms with Crippen LogP contribution < -0.4 is 0 Å². The molecule has 3 nitrogen and oxygen atoms in total. The first kappa shape index (κ1) is 11.1. The van der Waals surface area contributed by atoms with E-state index in [0.717, 1.165) is 0 Å². The molecule has 1 saturated heterocycles. The molecule has 1 heterocycles. The lowest BCUT2D eigenvalue weighted by Crippen LogP contribution is -2.50. The lowest BCUT2D eigenvalue weighted by molar-refractivity contribution is -0.144. The van der Waals surface area contributed by atoms with Gasteiger partial charge >= 0.3 is 0 Å². The summed E-state index contributed by atoms with van der Waals surface area (Å²) >= 11 is 12.0. The molecule has 0 aromatic heterocycles. The van der Waals surface area contributed by atoms with E-state index < -0.39 is 16.3 Å². The van der Waals surface area contributed by atoms with Crippen LogP contribution in [0.15, 0.2) is 0 Å². The van der Waals surface area contributed by atoms with E-state index in [9.17, 15) is 4.79 Å². The van der Waals surface area contributed by atoms with Crippen molar-refractivity contribution in [3.63, 3.8) is 0 Å². The molecule has 1 amide bonds. The summed E-state index contributed by atoms with van der Waals surface area (Å²) in [5.74, 6) is -0.195. The highest BCUT2D eigenvalue weighted by molar-refractivity contribution is 6.49. The van der Waals surface area contributed by atoms with E-state index in [2.05, 4.69) is 0 Å². The van der Waals surface area contributed by atoms with Gasteiger partial charge in [-0.15, -0.1) is 0 Å². The van der Waals surface area contributed by atoms with Crippen molar-refractivity contribution in [1.29, 1.82) is 0 Å². The molecule has 13 heavy (non-hydrogen) atoms. The molecule has 1 unspecified atom stereocenters. The van der Waals surface area contributed by atoms with Crippen LogP contribution in [0.2, 0.25) is 0 Å². The molecule has 0 aromatic carbocycles. The molecule has 1 aliphatic rings. The highest BCUT2D eigenvalue weighted by Crippen LogP contribution is 2.45. The van der Waals surface area contributed by atoms with Crippen LogP contribution >= 0.6 is 23.2 Å². The fourth-order valence-corrected chi connectivity index (χ4v) is 2.42. The number of hydrogen-bond acceptors (Lipinski definition) is 2. The van der Waals surface area contributed by atoms with E-state index in [1.807, 2.05) is 0 Å². The molecule has 1 rings (SSSR count). The lowest BCUT2D eigenvalue weighted by Gasteiger charge is -2.33. The number of nitrogens with zero attached hydrogens (tertiary/aromatic N) is 1. The van der Waals surface area contributed by atoms with Gasteiger partial charge in [0.1, 0.15) is 11.8 Å². The molecule has 1 atom stereocenters. The van der Waals surface area contributed by atoms with Crippen molar-refractivity contribution < 1.29 is 9.53 Å². The first-order chi connectivity index (χ1) is 5.69. The largest absolute Gasteiger partial charge is 0.348 e. The second kappa shape index (κ2) is 3.01. The summed E-state index contributed by atoms with van der Waals surface area (Å²) in [6.07, 6.45) is -0.394. The number of halogens is 2. The molecule has 0 radical (unpaired) electrons. The van der Waals surface area contributed by atoms with Crippen molar-refractivity contribution >= 4 is 29.1 Å². The highest BCUT2D eigenvalue weighted by atomic mass is 35.5. The third-order valence-corrected chi connectivity index (χ3v) is 3.06. The minimum absolute atomic E-state index is 0.195. The zero-order valence-electron chi connectivity index (χ0n) is 8.10. The Labute approximate surface area is 87.9 Å². The second-order valence-corrected chi connectivity index (χ2v) is 4.99. The zero-order valence-corrected chi connectivity index (χ0v) is 9.61. The Bertz CT molecular complexity index is 240. The van der Waals surface area contributed by atoms with Crippen molar-refractivity contribution in [3.05, 3.63) is 0 Å². The van der Waals surface area contributed by atoms with Crippen LogP contribution in [0.3, 0.4) is 0 Å². The average molecular weight is 226 g/mol. The normalized spacial score (nSPS) is 30.6. The van der Waals surface area contributed by atoms with Crippen LogP contribution in [-0.4, -0.2) is 27.1 Å². The van der Waals surface area contributed by atoms with Gasteiger partial charge in [-0.3, -0.25) is 9.69 Å². The maximum Gasteiger partial charge on any atom is 0.224 e. The molecular formula is C8H13Cl2NO2. The Morgan fingerprint density at radius 2 is 1.92 bits per heavy atom. The van der Waals surface area contributed by atoms with Crippen molar-refractivity contribution in [1.82, 2.24) is 4.90 Å². The number of carbonyl (C=O) groups is 1. The van der Waals surface area contributed by atoms with Crippen molar-refractivity contribution in [2.45, 2.75) is 44.0 Å². The van der Waals surface area contributed by atoms with Gasteiger partial charge in [-0.1, -0.05) is 23.2 Å². The van der Waals surface area contributed by atoms with Gasteiger partial charge in [-0.2, -0.15) is 0 Å². The van der Waals surface area contributed by atoms with E-state index >= 15 is 0 Å². The van der Waals surface area contributed by atoms with Crippen LogP contribution in [0, 0.1) is 0 Å². The number of rotatable bonds is 0. The minimum atomic E-state index is -1.27. The Hall–Kier alpha value is 0.01000. The molecule has 1 aliphatic heterocycles. The summed E-state index contributed by atoms with van der Waals surface area (Å²) < 4.78 is 4.21. The average Bonchev–Trinajstić information content (AvgIpc) is 1.96. The number of carbonyl (C=O) groups excluding carboxylic acids is 1. The van der Waals surface area contributed by atoms with Gasteiger partial charge in [0, 0.05) is 6.92 Å². The number of amides is 1. The molecule has 0 bridgehead atoms. The van der Waals surface area contributed by atoms with Gasteiger partial charge in [-0.25, -0.2) is 0 Å². The Morgan fingerprint density at radius 3 is 2.08 bits per heavy atom. The minimum Gasteiger partial charge on any atom is -0.348 e. The molecule has 0 aromatic rings. The number of ether oxygens (including phenoxy) is 1. The maximum absolute atomic E-state index is 11.3. The Morgan fingerprint density at radius 1 is 1.46 bits per heavy atom. The van der Waals surface area contributed by atoms with Gasteiger partial charge in [0.05, 0.1) is 0 Å². The summed E-state index contributed by atoms with van der Waals surface area (Å²) in [5, 5.41) is 0. The Balaban J connectivity index is 3.07. The topological polar surface area (TPSA) is 29.5 Å². The molecular weight excluding hydrogens is 213 g/mol. The molecule has 0 N–H and O–H groups in total. The predicted octanol–water partition coefficient (Wildman–Crippen LogP) is 2.12. The summed E-state index contributed by atoms with van der Waals surface area (Å²) in [7, 11) is 0. The van der Waals surface area contributed by atoms with Crippen molar-refractivity contribution in [2.24, 2.45) is 0 Å². The SMILES string of the molecule is CC(=O)N1C(C)(C)OC(C)C1(Cl)Cl. The van der Waals surface area contributed by atoms with Gasteiger partial charge in [0.2, 0.25) is 10.4 Å². The van der Waals surface area contributed by atoms with Crippen LogP contribution in [0.25, 0.3) is 0 Å². The van der Waals surface area contributed by atoms with E-state index in [-0.39, 0.29) is 5.91 Å². The van der Waals surface area contributed by atoms with Gasteiger partial charge < -0.3 is 4.74 Å². The third-order valence-electron chi connectivity index (χ3n) is 2.11. The van der Waals surface area contributed by atoms with E-state index in [4.69, 9.17) is 27.9 Å². The van der Waals surface area contributed by atoms with Crippen LogP contribution in [0.1, 0.15) is 27.7 Å². The maximum atomic E-state index is 11.3. The highest BCUT2D eigenvalue weighted by Gasteiger charge is 2.56. The number of alkyl halides is 2. The fraction of sp³-hybridized carbons (Fsp3) is 0.875. The molecule has 0 spiro atoms. The quantitative estimate of drug-likeness (QED) is 0.467. The fourth-order valence-electron chi connectivity index (χ4n) is 1.69. The second-order valence-electron chi connectivity index (χ2n) is 3.65. The van der Waals surface area contributed by atoms with Gasteiger partial charge in [0.25, 0.3) is 0 Å². The van der Waals surface area contributed by atoms with Crippen LogP contribution in [0.5, 0.6) is 0 Å². The van der Waals surface area contributed by atoms with Crippen molar-refractivity contribution in [3.8, 4) is 0 Å². The summed E-state index contributed by atoms with van der Waals surface area (Å²) in [4.78, 5) is 12.6. The summed E-state index contributed by atoms with van der Waals surface area (Å²) in [6, 6.07) is 0.